The second-order valence-corrected chi connectivity index (χ2v) is 22.9. The minimum atomic E-state index is -0.243. The van der Waals surface area contributed by atoms with Gasteiger partial charge in [0.15, 0.2) is 0 Å². The van der Waals surface area contributed by atoms with Crippen molar-refractivity contribution in [3.8, 4) is 50.6 Å². The lowest BCUT2D eigenvalue weighted by atomic mass is 10.0. The molecule has 10 aromatic heterocycles. The van der Waals surface area contributed by atoms with E-state index < -0.39 is 0 Å². The van der Waals surface area contributed by atoms with Crippen LogP contribution in [0.5, 0.6) is 17.2 Å². The number of hydrogen-bond donors (Lipinski definition) is 3. The molecule has 24 heteroatoms. The first-order valence-electron chi connectivity index (χ1n) is 30.3. The van der Waals surface area contributed by atoms with Crippen LogP contribution in [-0.2, 0) is 45.4 Å². The van der Waals surface area contributed by atoms with Gasteiger partial charge in [-0.05, 0) is 88.7 Å². The third kappa shape index (κ3) is 11.7. The number of imidazole rings is 3. The van der Waals surface area contributed by atoms with Crippen LogP contribution < -0.4 is 30.2 Å². The molecule has 13 aromatic rings. The van der Waals surface area contributed by atoms with Crippen molar-refractivity contribution in [2.45, 2.75) is 86.1 Å². The van der Waals surface area contributed by atoms with Gasteiger partial charge in [-0.3, -0.25) is 32.5 Å². The number of aryl methyl sites for hydroxylation is 3. The molecule has 3 aliphatic heterocycles. The van der Waals surface area contributed by atoms with Crippen molar-refractivity contribution < 1.29 is 27.4 Å². The van der Waals surface area contributed by atoms with Crippen molar-refractivity contribution in [3.05, 3.63) is 221 Å². The van der Waals surface area contributed by atoms with E-state index in [4.69, 9.17) is 19.2 Å². The normalized spacial score (nSPS) is 12.8. The molecule has 0 radical (unpaired) electrons. The van der Waals surface area contributed by atoms with Crippen LogP contribution in [0.25, 0.3) is 50.3 Å². The number of nitrogens with zero attached hydrogens (tertiary/aromatic N) is 15. The maximum atomic E-state index is 14.6. The number of nitrogens with one attached hydrogen (secondary N) is 3. The minimum absolute atomic E-state index is 0.234. The van der Waals surface area contributed by atoms with Gasteiger partial charge in [0.1, 0.15) is 51.6 Å². The monoisotopic (exact) mass is 1240 g/mol. The van der Waals surface area contributed by atoms with Crippen LogP contribution in [0.3, 0.4) is 0 Å². The zero-order valence-electron chi connectivity index (χ0n) is 51.1. The van der Waals surface area contributed by atoms with Crippen LogP contribution in [0.4, 0.5) is 31.0 Å². The highest BCUT2D eigenvalue weighted by molar-refractivity contribution is 5.79. The number of pyridine rings is 2. The molecule has 3 aliphatic rings. The van der Waals surface area contributed by atoms with E-state index in [0.717, 1.165) is 120 Å². The Bertz CT molecular complexity index is 4870. The molecule has 92 heavy (non-hydrogen) atoms. The lowest BCUT2D eigenvalue weighted by Crippen LogP contribution is -2.09. The lowest BCUT2D eigenvalue weighted by Gasteiger charge is -2.13. The predicted octanol–water partition coefficient (Wildman–Crippen LogP) is 12.0. The number of halogens is 3. The van der Waals surface area contributed by atoms with E-state index in [2.05, 4.69) is 74.9 Å². The minimum Gasteiger partial charge on any atom is -0.493 e. The fraction of sp³-hybridized carbons (Fsp3) is 0.235. The van der Waals surface area contributed by atoms with Crippen LogP contribution in [0.15, 0.2) is 147 Å². The van der Waals surface area contributed by atoms with Crippen molar-refractivity contribution >= 4 is 34.8 Å². The van der Waals surface area contributed by atoms with E-state index >= 15 is 0 Å². The Balaban J connectivity index is 0.000000120. The molecule has 0 unspecified atom stereocenters. The van der Waals surface area contributed by atoms with E-state index in [-0.39, 0.29) is 23.5 Å². The van der Waals surface area contributed by atoms with Gasteiger partial charge < -0.3 is 30.2 Å². The summed E-state index contributed by atoms with van der Waals surface area (Å²) in [6, 6.07) is 17.5. The first-order valence-corrected chi connectivity index (χ1v) is 30.3. The molecule has 0 spiro atoms. The molecule has 0 aliphatic carbocycles. The van der Waals surface area contributed by atoms with Gasteiger partial charge in [-0.1, -0.05) is 12.1 Å². The highest BCUT2D eigenvalue weighted by atomic mass is 19.1. The zero-order chi connectivity index (χ0) is 63.0. The first-order chi connectivity index (χ1) is 44.9. The molecule has 0 saturated heterocycles. The Morgan fingerprint density at radius 1 is 0.467 bits per heavy atom. The second kappa shape index (κ2) is 25.0. The fourth-order valence-electron chi connectivity index (χ4n) is 11.9. The Hall–Kier alpha value is -11.2. The molecule has 16 rings (SSSR count). The molecule has 0 fully saturated rings. The molecule has 0 bridgehead atoms. The molecule has 21 nitrogen and oxygen atoms in total. The molecule has 0 amide bonds. The van der Waals surface area contributed by atoms with Gasteiger partial charge in [-0.2, -0.15) is 10.2 Å². The summed E-state index contributed by atoms with van der Waals surface area (Å²) in [5.74, 6) is 3.40. The van der Waals surface area contributed by atoms with Crippen molar-refractivity contribution in [1.29, 1.82) is 0 Å². The van der Waals surface area contributed by atoms with Gasteiger partial charge in [0.05, 0.1) is 55.8 Å². The van der Waals surface area contributed by atoms with Crippen molar-refractivity contribution in [3.63, 3.8) is 0 Å². The molecule has 3 aromatic carbocycles. The summed E-state index contributed by atoms with van der Waals surface area (Å²) in [5, 5.41) is 18.8. The Kier molecular flexibility index (Phi) is 15.9. The van der Waals surface area contributed by atoms with E-state index in [9.17, 15) is 13.2 Å². The summed E-state index contributed by atoms with van der Waals surface area (Å²) in [6.07, 6.45) is 28.0. The van der Waals surface area contributed by atoms with E-state index in [1.807, 2.05) is 117 Å². The fourth-order valence-corrected chi connectivity index (χ4v) is 11.9. The van der Waals surface area contributed by atoms with Gasteiger partial charge in [0.2, 0.25) is 17.8 Å². The summed E-state index contributed by atoms with van der Waals surface area (Å²) < 4.78 is 69.6. The third-order valence-corrected chi connectivity index (χ3v) is 16.4. The maximum absolute atomic E-state index is 14.6. The van der Waals surface area contributed by atoms with Crippen LogP contribution >= 0.6 is 0 Å². The quantitative estimate of drug-likeness (QED) is 0.0870. The van der Waals surface area contributed by atoms with Gasteiger partial charge >= 0.3 is 0 Å². The lowest BCUT2D eigenvalue weighted by molar-refractivity contribution is 0.356. The summed E-state index contributed by atoms with van der Waals surface area (Å²) in [5.41, 5.74) is 16.2. The van der Waals surface area contributed by atoms with Gasteiger partial charge in [-0.15, -0.1) is 0 Å². The molecule has 0 atom stereocenters. The molecular weight excluding hydrogens is 1170 g/mol. The summed E-state index contributed by atoms with van der Waals surface area (Å²) in [7, 11) is 0. The molecule has 0 saturated carbocycles. The van der Waals surface area contributed by atoms with Crippen LogP contribution in [-0.4, -0.2) is 92.5 Å². The second-order valence-electron chi connectivity index (χ2n) is 22.9. The van der Waals surface area contributed by atoms with Crippen LogP contribution in [0, 0.1) is 38.2 Å². The van der Waals surface area contributed by atoms with E-state index in [1.165, 1.54) is 18.2 Å². The SMILES string of the molecule is Cc1cn2c(NCc3c(F)ccc4c3CCO4)ncc(-c3cccnc3)c2n1.Cc1cn2c(NCc3c(F)ccc4c3CCO4)ncc(-c3cnn(C(C)C)c3)c2n1.Cc1cn2c(NCc3c(F)ccc4c3CCO4)ncc(-c3cnn(Cc4cccnc4)c3)c2n1. The van der Waals surface area contributed by atoms with E-state index in [1.54, 1.807) is 55.4 Å². The molecule has 3 N–H and O–H groups in total. The van der Waals surface area contributed by atoms with Crippen LogP contribution in [0.1, 0.15) is 75.9 Å². The largest absolute Gasteiger partial charge is 0.493 e. The van der Waals surface area contributed by atoms with Gasteiger partial charge in [0, 0.05) is 186 Å². The Labute approximate surface area is 526 Å². The zero-order valence-corrected chi connectivity index (χ0v) is 51.1. The number of fused-ring (bicyclic) bond motifs is 6. The van der Waals surface area contributed by atoms with Gasteiger partial charge in [-0.25, -0.2) is 43.1 Å². The molecule has 464 valence electrons. The summed E-state index contributed by atoms with van der Waals surface area (Å²) >= 11 is 0. The van der Waals surface area contributed by atoms with E-state index in [0.29, 0.717) is 87.0 Å². The standard InChI is InChI=1S/C25H22FN7O.C22H23FN6O.C21H18FN5O/c1-16-13-33-24(31-16)20(18-10-30-32(15-18)14-17-3-2-7-27-9-17)11-28-25(33)29-12-21-19-6-8-34-23(19)5-4-22(21)26;1-13(2)29-12-15(8-26-29)17-9-24-22(28-11-14(3)27-21(17)28)25-10-18-16-6-7-30-20(16)5-4-19(18)23;1-13-12-27-20(26-13)16(14-3-2-7-23-9-14)10-24-21(27)25-11-17-15-6-8-28-19(15)5-4-18(17)22/h2-5,7,9-11,13,15H,6,8,12,14H2,1H3,(H,28,29);4-5,8-9,11-13H,6-7,10H2,1-3H3,(H,24,25);2-5,7,9-10,12H,6,8,11H2,1H3,(H,24,25). The highest BCUT2D eigenvalue weighted by Crippen LogP contribution is 2.35. The Morgan fingerprint density at radius 2 is 0.891 bits per heavy atom. The number of rotatable bonds is 15. The summed E-state index contributed by atoms with van der Waals surface area (Å²) in [4.78, 5) is 36.2. The number of benzene rings is 3. The van der Waals surface area contributed by atoms with Crippen molar-refractivity contribution in [1.82, 2.24) is 72.6 Å². The number of aromatic nitrogens is 15. The average Bonchev–Trinajstić information content (AvgIpc) is 1.65. The third-order valence-electron chi connectivity index (χ3n) is 16.4. The summed E-state index contributed by atoms with van der Waals surface area (Å²) in [6.45, 7) is 13.3. The Morgan fingerprint density at radius 3 is 1.30 bits per heavy atom. The highest BCUT2D eigenvalue weighted by Gasteiger charge is 2.24. The maximum Gasteiger partial charge on any atom is 0.208 e. The smallest absolute Gasteiger partial charge is 0.208 e. The predicted molar refractivity (Wildman–Crippen MR) is 341 cm³/mol. The first kappa shape index (κ1) is 58.5. The van der Waals surface area contributed by atoms with Crippen molar-refractivity contribution in [2.24, 2.45) is 0 Å². The molecule has 13 heterocycles. The molecular formula is C68H63F3N18O3. The topological polar surface area (TPSA) is 216 Å². The van der Waals surface area contributed by atoms with Crippen LogP contribution in [0.2, 0.25) is 0 Å². The van der Waals surface area contributed by atoms with Gasteiger partial charge in [0.25, 0.3) is 0 Å². The number of hydrogen-bond acceptors (Lipinski definition) is 16. The van der Waals surface area contributed by atoms with Crippen molar-refractivity contribution in [2.75, 3.05) is 35.8 Å². The number of anilines is 3. The average molecular weight is 1240 g/mol. The number of ether oxygens (including phenoxy) is 3.